The van der Waals surface area contributed by atoms with Crippen molar-refractivity contribution in [3.8, 4) is 18.1 Å². The molecule has 0 fully saturated rings. The molecule has 0 saturated heterocycles. The van der Waals surface area contributed by atoms with Gasteiger partial charge in [0, 0.05) is 12.5 Å². The van der Waals surface area contributed by atoms with E-state index in [0.29, 0.717) is 13.0 Å². The Morgan fingerprint density at radius 3 is 3.19 bits per heavy atom. The maximum absolute atomic E-state index is 6.08. The van der Waals surface area contributed by atoms with Gasteiger partial charge in [-0.3, -0.25) is 0 Å². The van der Waals surface area contributed by atoms with Crippen molar-refractivity contribution in [1.29, 1.82) is 0 Å². The fourth-order valence-electron chi connectivity index (χ4n) is 2.13. The molecule has 0 aliphatic heterocycles. The molecule has 1 aliphatic rings. The molecule has 16 heavy (non-hydrogen) atoms. The van der Waals surface area contributed by atoms with E-state index < -0.39 is 0 Å². The van der Waals surface area contributed by atoms with Gasteiger partial charge >= 0.3 is 0 Å². The molecule has 0 saturated carbocycles. The molecule has 0 radical (unpaired) electrons. The van der Waals surface area contributed by atoms with E-state index in [1.807, 2.05) is 6.07 Å². The van der Waals surface area contributed by atoms with Gasteiger partial charge in [0.05, 0.1) is 6.61 Å². The molecule has 1 aromatic rings. The second-order valence-electron chi connectivity index (χ2n) is 4.16. The number of fused-ring (bicyclic) bond motifs is 1. The van der Waals surface area contributed by atoms with Crippen LogP contribution in [0.2, 0.25) is 0 Å². The third-order valence-corrected chi connectivity index (χ3v) is 2.99. The monoisotopic (exact) mass is 215 g/mol. The van der Waals surface area contributed by atoms with E-state index >= 15 is 0 Å². The molecule has 0 spiro atoms. The van der Waals surface area contributed by atoms with E-state index in [4.69, 9.17) is 16.9 Å². The lowest BCUT2D eigenvalue weighted by Gasteiger charge is -2.22. The van der Waals surface area contributed by atoms with E-state index in [0.717, 1.165) is 18.6 Å². The molecule has 1 atom stereocenters. The summed E-state index contributed by atoms with van der Waals surface area (Å²) in [4.78, 5) is 0. The zero-order valence-corrected chi connectivity index (χ0v) is 9.41. The predicted octanol–water partition coefficient (Wildman–Crippen LogP) is 2.42. The van der Waals surface area contributed by atoms with Crippen molar-refractivity contribution < 1.29 is 4.74 Å². The molecule has 2 heteroatoms. The maximum atomic E-state index is 6.08. The second kappa shape index (κ2) is 5.05. The normalized spacial score (nSPS) is 18.6. The Bertz CT molecular complexity index is 406. The minimum absolute atomic E-state index is 0.167. The van der Waals surface area contributed by atoms with E-state index in [9.17, 15) is 0 Å². The predicted molar refractivity (Wildman–Crippen MR) is 65.3 cm³/mol. The zero-order chi connectivity index (χ0) is 11.4. The van der Waals surface area contributed by atoms with Crippen LogP contribution in [0, 0.1) is 12.3 Å². The Kier molecular flexibility index (Phi) is 3.48. The Balaban J connectivity index is 2.11. The highest BCUT2D eigenvalue weighted by Crippen LogP contribution is 2.30. The van der Waals surface area contributed by atoms with Crippen molar-refractivity contribution in [2.75, 3.05) is 6.61 Å². The maximum Gasteiger partial charge on any atom is 0.119 e. The molecule has 1 aliphatic carbocycles. The molecule has 84 valence electrons. The minimum Gasteiger partial charge on any atom is -0.493 e. The minimum atomic E-state index is 0.167. The first-order chi connectivity index (χ1) is 7.81. The number of rotatable bonds is 3. The summed E-state index contributed by atoms with van der Waals surface area (Å²) in [6.45, 7) is 0.574. The molecule has 0 amide bonds. The highest BCUT2D eigenvalue weighted by Gasteiger charge is 2.16. The van der Waals surface area contributed by atoms with E-state index in [1.165, 1.54) is 17.5 Å². The fourth-order valence-corrected chi connectivity index (χ4v) is 2.13. The van der Waals surface area contributed by atoms with Crippen LogP contribution in [0.5, 0.6) is 5.75 Å². The van der Waals surface area contributed by atoms with Crippen molar-refractivity contribution >= 4 is 0 Å². The van der Waals surface area contributed by atoms with Crippen LogP contribution in [0.15, 0.2) is 18.2 Å². The lowest BCUT2D eigenvalue weighted by molar-refractivity contribution is 0.326. The zero-order valence-electron chi connectivity index (χ0n) is 9.41. The molecule has 0 aromatic heterocycles. The van der Waals surface area contributed by atoms with Gasteiger partial charge in [0.15, 0.2) is 0 Å². The topological polar surface area (TPSA) is 35.2 Å². The molecule has 2 rings (SSSR count). The van der Waals surface area contributed by atoms with Crippen molar-refractivity contribution in [1.82, 2.24) is 0 Å². The van der Waals surface area contributed by atoms with Crippen LogP contribution in [0.4, 0.5) is 0 Å². The Hall–Kier alpha value is -1.46. The molecule has 1 aromatic carbocycles. The third-order valence-electron chi connectivity index (χ3n) is 2.99. The van der Waals surface area contributed by atoms with Gasteiger partial charge in [-0.05, 0) is 42.5 Å². The molecule has 0 unspecified atom stereocenters. The fraction of sp³-hybridized carbons (Fsp3) is 0.429. The number of terminal acetylenes is 1. The Morgan fingerprint density at radius 2 is 2.38 bits per heavy atom. The number of benzene rings is 1. The van der Waals surface area contributed by atoms with Crippen LogP contribution in [0.1, 0.15) is 36.4 Å². The van der Waals surface area contributed by atoms with Crippen LogP contribution in [-0.4, -0.2) is 6.61 Å². The number of hydrogen-bond acceptors (Lipinski definition) is 2. The summed E-state index contributed by atoms with van der Waals surface area (Å²) in [6.07, 6.45) is 9.21. The van der Waals surface area contributed by atoms with Crippen molar-refractivity contribution in [2.24, 2.45) is 5.73 Å². The van der Waals surface area contributed by atoms with Crippen LogP contribution in [0.3, 0.4) is 0 Å². The summed E-state index contributed by atoms with van der Waals surface area (Å²) in [7, 11) is 0. The molecular weight excluding hydrogens is 198 g/mol. The molecule has 0 bridgehead atoms. The highest BCUT2D eigenvalue weighted by atomic mass is 16.5. The summed E-state index contributed by atoms with van der Waals surface area (Å²) in [5.74, 6) is 3.44. The van der Waals surface area contributed by atoms with Gasteiger partial charge in [0.1, 0.15) is 5.75 Å². The van der Waals surface area contributed by atoms with Gasteiger partial charge in [-0.25, -0.2) is 0 Å². The number of ether oxygens (including phenoxy) is 1. The Labute approximate surface area is 96.8 Å². The molecule has 2 nitrogen and oxygen atoms in total. The van der Waals surface area contributed by atoms with Gasteiger partial charge in [-0.1, -0.05) is 6.07 Å². The summed E-state index contributed by atoms with van der Waals surface area (Å²) in [5, 5.41) is 0. The highest BCUT2D eigenvalue weighted by molar-refractivity contribution is 5.39. The third kappa shape index (κ3) is 2.37. The second-order valence-corrected chi connectivity index (χ2v) is 4.16. The van der Waals surface area contributed by atoms with Gasteiger partial charge < -0.3 is 10.5 Å². The lowest BCUT2D eigenvalue weighted by atomic mass is 9.88. The largest absolute Gasteiger partial charge is 0.493 e. The number of nitrogens with two attached hydrogens (primary N) is 1. The summed E-state index contributed by atoms with van der Waals surface area (Å²) < 4.78 is 5.56. The van der Waals surface area contributed by atoms with Crippen LogP contribution >= 0.6 is 0 Å². The van der Waals surface area contributed by atoms with Gasteiger partial charge in [0.2, 0.25) is 0 Å². The first kappa shape index (κ1) is 11.0. The Morgan fingerprint density at radius 1 is 1.50 bits per heavy atom. The van der Waals surface area contributed by atoms with Gasteiger partial charge in [-0.2, -0.15) is 0 Å². The van der Waals surface area contributed by atoms with Crippen molar-refractivity contribution in [3.63, 3.8) is 0 Å². The van der Waals surface area contributed by atoms with Gasteiger partial charge in [-0.15, -0.1) is 12.3 Å². The van der Waals surface area contributed by atoms with Crippen LogP contribution in [0.25, 0.3) is 0 Å². The number of aryl methyl sites for hydroxylation is 1. The van der Waals surface area contributed by atoms with E-state index in [-0.39, 0.29) is 6.04 Å². The molecule has 2 N–H and O–H groups in total. The standard InChI is InChI=1S/C14H17NO/c1-2-3-9-16-12-8-7-11-5-4-6-14(15)13(11)10-12/h1,7-8,10,14H,3-6,9,15H2/t14-/m1/s1. The first-order valence-electron chi connectivity index (χ1n) is 5.76. The van der Waals surface area contributed by atoms with Crippen molar-refractivity contribution in [2.45, 2.75) is 31.7 Å². The van der Waals surface area contributed by atoms with Gasteiger partial charge in [0.25, 0.3) is 0 Å². The SMILES string of the molecule is C#CCCOc1ccc2c(c1)[C@H](N)CCC2. The summed E-state index contributed by atoms with van der Waals surface area (Å²) >= 11 is 0. The first-order valence-corrected chi connectivity index (χ1v) is 5.76. The summed E-state index contributed by atoms with van der Waals surface area (Å²) in [6, 6.07) is 6.36. The van der Waals surface area contributed by atoms with Crippen LogP contribution in [-0.2, 0) is 6.42 Å². The van der Waals surface area contributed by atoms with Crippen molar-refractivity contribution in [3.05, 3.63) is 29.3 Å². The lowest BCUT2D eigenvalue weighted by Crippen LogP contribution is -2.17. The average molecular weight is 215 g/mol. The quantitative estimate of drug-likeness (QED) is 0.621. The molecular formula is C14H17NO. The molecule has 0 heterocycles. The average Bonchev–Trinajstić information content (AvgIpc) is 2.30. The van der Waals surface area contributed by atoms with Crippen LogP contribution < -0.4 is 10.5 Å². The summed E-state index contributed by atoms with van der Waals surface area (Å²) in [5.41, 5.74) is 8.69. The van der Waals surface area contributed by atoms with E-state index in [1.54, 1.807) is 0 Å². The smallest absolute Gasteiger partial charge is 0.119 e. The number of hydrogen-bond donors (Lipinski definition) is 1. The van der Waals surface area contributed by atoms with E-state index in [2.05, 4.69) is 18.1 Å².